The number of amides is 1. The molecule has 3 rings (SSSR count). The van der Waals surface area contributed by atoms with Crippen LogP contribution in [0.1, 0.15) is 61.0 Å². The standard InChI is InChI=1S/C23H29FN2O3/c1-17(18-8-10-19(24)11-9-18)16-22(27)29-15-12-20-6-3-4-14-26(20)23(28)21-7-5-13-25(21)2/h5,7-11,13,17,20H,3-4,6,12,14-16H2,1-2H3. The fraction of sp³-hybridized carbons (Fsp3) is 0.478. The van der Waals surface area contributed by atoms with Gasteiger partial charge < -0.3 is 14.2 Å². The van der Waals surface area contributed by atoms with E-state index in [1.807, 2.05) is 41.8 Å². The molecule has 2 atom stereocenters. The predicted molar refractivity (Wildman–Crippen MR) is 109 cm³/mol. The lowest BCUT2D eigenvalue weighted by atomic mass is 9.98. The molecule has 1 fully saturated rings. The van der Waals surface area contributed by atoms with E-state index in [-0.39, 0.29) is 36.1 Å². The van der Waals surface area contributed by atoms with Crippen LogP contribution in [0, 0.1) is 5.82 Å². The summed E-state index contributed by atoms with van der Waals surface area (Å²) in [4.78, 5) is 27.0. The van der Waals surface area contributed by atoms with Crippen molar-refractivity contribution in [3.8, 4) is 0 Å². The molecule has 1 aliphatic rings. The Hall–Kier alpha value is -2.63. The highest BCUT2D eigenvalue weighted by atomic mass is 19.1. The van der Waals surface area contributed by atoms with Crippen molar-refractivity contribution in [2.75, 3.05) is 13.2 Å². The number of ether oxygens (including phenoxy) is 1. The second kappa shape index (κ2) is 9.72. The number of esters is 1. The van der Waals surface area contributed by atoms with Crippen molar-refractivity contribution in [2.24, 2.45) is 7.05 Å². The summed E-state index contributed by atoms with van der Waals surface area (Å²) in [5, 5.41) is 0. The maximum atomic E-state index is 13.0. The van der Waals surface area contributed by atoms with E-state index < -0.39 is 0 Å². The second-order valence-corrected chi connectivity index (χ2v) is 7.82. The van der Waals surface area contributed by atoms with Crippen molar-refractivity contribution >= 4 is 11.9 Å². The van der Waals surface area contributed by atoms with Crippen molar-refractivity contribution in [3.05, 3.63) is 59.7 Å². The zero-order chi connectivity index (χ0) is 20.8. The van der Waals surface area contributed by atoms with Crippen LogP contribution in [0.15, 0.2) is 42.6 Å². The lowest BCUT2D eigenvalue weighted by molar-refractivity contribution is -0.144. The monoisotopic (exact) mass is 400 g/mol. The highest BCUT2D eigenvalue weighted by Crippen LogP contribution is 2.23. The average molecular weight is 400 g/mol. The quantitative estimate of drug-likeness (QED) is 0.652. The first-order valence-electron chi connectivity index (χ1n) is 10.3. The summed E-state index contributed by atoms with van der Waals surface area (Å²) in [5.74, 6) is -0.546. The maximum Gasteiger partial charge on any atom is 0.306 e. The van der Waals surface area contributed by atoms with Crippen molar-refractivity contribution in [1.29, 1.82) is 0 Å². The lowest BCUT2D eigenvalue weighted by Gasteiger charge is -2.35. The number of carbonyl (C=O) groups is 2. The smallest absolute Gasteiger partial charge is 0.306 e. The lowest BCUT2D eigenvalue weighted by Crippen LogP contribution is -2.44. The molecule has 1 amide bonds. The van der Waals surface area contributed by atoms with E-state index in [1.54, 1.807) is 12.1 Å². The van der Waals surface area contributed by atoms with Gasteiger partial charge in [0.1, 0.15) is 11.5 Å². The van der Waals surface area contributed by atoms with Gasteiger partial charge in [-0.15, -0.1) is 0 Å². The van der Waals surface area contributed by atoms with E-state index in [1.165, 1.54) is 12.1 Å². The maximum absolute atomic E-state index is 13.0. The number of nitrogens with zero attached hydrogens (tertiary/aromatic N) is 2. The van der Waals surface area contributed by atoms with Crippen LogP contribution in [0.4, 0.5) is 4.39 Å². The highest BCUT2D eigenvalue weighted by molar-refractivity contribution is 5.93. The summed E-state index contributed by atoms with van der Waals surface area (Å²) in [6.45, 7) is 2.97. The minimum Gasteiger partial charge on any atom is -0.466 e. The van der Waals surface area contributed by atoms with Gasteiger partial charge in [-0.05, 0) is 55.0 Å². The topological polar surface area (TPSA) is 51.5 Å². The van der Waals surface area contributed by atoms with Gasteiger partial charge in [0, 0.05) is 32.3 Å². The number of halogens is 1. The van der Waals surface area contributed by atoms with Crippen LogP contribution in [0.3, 0.4) is 0 Å². The van der Waals surface area contributed by atoms with E-state index >= 15 is 0 Å². The number of hydrogen-bond acceptors (Lipinski definition) is 3. The Morgan fingerprint density at radius 3 is 2.66 bits per heavy atom. The van der Waals surface area contributed by atoms with Gasteiger partial charge in [-0.25, -0.2) is 4.39 Å². The van der Waals surface area contributed by atoms with Gasteiger partial charge in [-0.1, -0.05) is 19.1 Å². The van der Waals surface area contributed by atoms with Gasteiger partial charge in [-0.3, -0.25) is 9.59 Å². The molecule has 0 aliphatic carbocycles. The summed E-state index contributed by atoms with van der Waals surface area (Å²) in [6, 6.07) is 10.00. The molecule has 0 radical (unpaired) electrons. The van der Waals surface area contributed by atoms with E-state index in [4.69, 9.17) is 4.74 Å². The molecule has 2 aromatic rings. The third-order valence-corrected chi connectivity index (χ3v) is 5.68. The van der Waals surface area contributed by atoms with Crippen LogP contribution in [-0.4, -0.2) is 40.5 Å². The molecule has 2 unspecified atom stereocenters. The summed E-state index contributed by atoms with van der Waals surface area (Å²) in [5.41, 5.74) is 1.59. The normalized spacial score (nSPS) is 17.8. The summed E-state index contributed by atoms with van der Waals surface area (Å²) in [6.07, 6.45) is 5.78. The minimum atomic E-state index is -0.287. The number of rotatable bonds is 7. The molecule has 2 heterocycles. The van der Waals surface area contributed by atoms with Gasteiger partial charge in [0.15, 0.2) is 0 Å². The summed E-state index contributed by atoms with van der Waals surface area (Å²) >= 11 is 0. The predicted octanol–water partition coefficient (Wildman–Crippen LogP) is 4.29. The zero-order valence-electron chi connectivity index (χ0n) is 17.1. The molecule has 6 heteroatoms. The molecule has 0 spiro atoms. The Kier molecular flexibility index (Phi) is 7.07. The zero-order valence-corrected chi connectivity index (χ0v) is 17.1. The van der Waals surface area contributed by atoms with Crippen molar-refractivity contribution in [1.82, 2.24) is 9.47 Å². The number of likely N-dealkylation sites (tertiary alicyclic amines) is 1. The van der Waals surface area contributed by atoms with Crippen LogP contribution >= 0.6 is 0 Å². The number of carbonyl (C=O) groups excluding carboxylic acids is 2. The first kappa shape index (κ1) is 21.1. The molecule has 1 aliphatic heterocycles. The second-order valence-electron chi connectivity index (χ2n) is 7.82. The third kappa shape index (κ3) is 5.46. The average Bonchev–Trinajstić information content (AvgIpc) is 3.14. The van der Waals surface area contributed by atoms with E-state index in [2.05, 4.69) is 0 Å². The van der Waals surface area contributed by atoms with Gasteiger partial charge in [0.25, 0.3) is 5.91 Å². The largest absolute Gasteiger partial charge is 0.466 e. The Bertz CT molecular complexity index is 831. The number of hydrogen-bond donors (Lipinski definition) is 0. The van der Waals surface area contributed by atoms with Crippen LogP contribution in [0.5, 0.6) is 0 Å². The van der Waals surface area contributed by atoms with Gasteiger partial charge >= 0.3 is 5.97 Å². The number of piperidine rings is 1. The van der Waals surface area contributed by atoms with Crippen molar-refractivity contribution < 1.29 is 18.7 Å². The van der Waals surface area contributed by atoms with Crippen LogP contribution in [0.2, 0.25) is 0 Å². The molecule has 0 saturated carbocycles. The molecule has 5 nitrogen and oxygen atoms in total. The Morgan fingerprint density at radius 2 is 1.97 bits per heavy atom. The summed E-state index contributed by atoms with van der Waals surface area (Å²) in [7, 11) is 1.87. The SMILES string of the molecule is CC(CC(=O)OCCC1CCCCN1C(=O)c1cccn1C)c1ccc(F)cc1. The summed E-state index contributed by atoms with van der Waals surface area (Å²) < 4.78 is 20.3. The number of benzene rings is 1. The van der Waals surface area contributed by atoms with E-state index in [9.17, 15) is 14.0 Å². The highest BCUT2D eigenvalue weighted by Gasteiger charge is 2.28. The first-order chi connectivity index (χ1) is 14.0. The van der Waals surface area contributed by atoms with Gasteiger partial charge in [0.05, 0.1) is 13.0 Å². The third-order valence-electron chi connectivity index (χ3n) is 5.68. The van der Waals surface area contributed by atoms with Crippen LogP contribution in [-0.2, 0) is 16.6 Å². The first-order valence-corrected chi connectivity index (χ1v) is 10.3. The molecule has 1 aromatic carbocycles. The van der Waals surface area contributed by atoms with Crippen molar-refractivity contribution in [3.63, 3.8) is 0 Å². The van der Waals surface area contributed by atoms with E-state index in [0.717, 1.165) is 31.4 Å². The Labute approximate surface area is 171 Å². The van der Waals surface area contributed by atoms with Crippen molar-refractivity contribution in [2.45, 2.75) is 51.0 Å². The number of aryl methyl sites for hydroxylation is 1. The molecule has 0 bridgehead atoms. The molecule has 156 valence electrons. The van der Waals surface area contributed by atoms with Crippen LogP contribution in [0.25, 0.3) is 0 Å². The minimum absolute atomic E-state index is 0.0341. The number of aromatic nitrogens is 1. The van der Waals surface area contributed by atoms with Crippen LogP contribution < -0.4 is 0 Å². The molecular weight excluding hydrogens is 371 g/mol. The Morgan fingerprint density at radius 1 is 1.21 bits per heavy atom. The molecule has 1 saturated heterocycles. The molecular formula is C23H29FN2O3. The fourth-order valence-corrected chi connectivity index (χ4v) is 3.93. The molecule has 0 N–H and O–H groups in total. The molecule has 29 heavy (non-hydrogen) atoms. The van der Waals surface area contributed by atoms with E-state index in [0.29, 0.717) is 18.7 Å². The fourth-order valence-electron chi connectivity index (χ4n) is 3.93. The Balaban J connectivity index is 1.49. The van der Waals surface area contributed by atoms with Gasteiger partial charge in [-0.2, -0.15) is 0 Å². The van der Waals surface area contributed by atoms with Gasteiger partial charge in [0.2, 0.25) is 0 Å². The molecule has 1 aromatic heterocycles.